The van der Waals surface area contributed by atoms with Gasteiger partial charge in [-0.25, -0.2) is 13.1 Å². The van der Waals surface area contributed by atoms with E-state index in [2.05, 4.69) is 16.9 Å². The lowest BCUT2D eigenvalue weighted by Crippen LogP contribution is -2.28. The predicted octanol–water partition coefficient (Wildman–Crippen LogP) is 2.26. The van der Waals surface area contributed by atoms with Gasteiger partial charge in [-0.3, -0.25) is 0 Å². The third kappa shape index (κ3) is 3.43. The highest BCUT2D eigenvalue weighted by atomic mass is 32.2. The monoisotopic (exact) mass is 361 g/mol. The lowest BCUT2D eigenvalue weighted by atomic mass is 10.1. The molecule has 1 aliphatic carbocycles. The summed E-state index contributed by atoms with van der Waals surface area (Å²) in [5.41, 5.74) is 2.72. The maximum absolute atomic E-state index is 12.3. The molecular formula is C18H19NO5S. The molecule has 25 heavy (non-hydrogen) atoms. The van der Waals surface area contributed by atoms with E-state index < -0.39 is 10.0 Å². The van der Waals surface area contributed by atoms with E-state index in [1.54, 1.807) is 6.07 Å². The molecule has 4 rings (SSSR count). The van der Waals surface area contributed by atoms with Gasteiger partial charge in [-0.05, 0) is 54.7 Å². The molecule has 0 radical (unpaired) electrons. The number of nitrogens with one attached hydrogen (secondary N) is 1. The fraction of sp³-hybridized carbons (Fsp3) is 0.333. The van der Waals surface area contributed by atoms with Crippen LogP contribution in [0.5, 0.6) is 17.2 Å². The molecule has 6 nitrogen and oxygen atoms in total. The second-order valence-corrected chi connectivity index (χ2v) is 7.81. The second-order valence-electron chi connectivity index (χ2n) is 6.05. The summed E-state index contributed by atoms with van der Waals surface area (Å²) in [4.78, 5) is 0.147. The topological polar surface area (TPSA) is 73.9 Å². The van der Waals surface area contributed by atoms with Crippen LogP contribution in [0.2, 0.25) is 0 Å². The fourth-order valence-electron chi connectivity index (χ4n) is 3.11. The Bertz CT molecular complexity index is 894. The molecule has 2 aromatic rings. The van der Waals surface area contributed by atoms with Gasteiger partial charge in [0.05, 0.1) is 4.90 Å². The van der Waals surface area contributed by atoms with E-state index in [1.807, 2.05) is 6.07 Å². The molecular weight excluding hydrogens is 342 g/mol. The third-order valence-electron chi connectivity index (χ3n) is 4.39. The molecule has 0 saturated carbocycles. The lowest BCUT2D eigenvalue weighted by Gasteiger charge is -2.10. The number of sulfonamides is 1. The summed E-state index contributed by atoms with van der Waals surface area (Å²) in [6.07, 6.45) is 3.41. The highest BCUT2D eigenvalue weighted by Gasteiger charge is 2.20. The van der Waals surface area contributed by atoms with Crippen LogP contribution in [0.4, 0.5) is 0 Å². The Morgan fingerprint density at radius 2 is 1.84 bits per heavy atom. The Morgan fingerprint density at radius 1 is 1.00 bits per heavy atom. The van der Waals surface area contributed by atoms with Crippen molar-refractivity contribution in [2.24, 2.45) is 0 Å². The van der Waals surface area contributed by atoms with Gasteiger partial charge in [-0.2, -0.15) is 0 Å². The van der Waals surface area contributed by atoms with Crippen LogP contribution in [0.15, 0.2) is 41.3 Å². The molecule has 0 bridgehead atoms. The highest BCUT2D eigenvalue weighted by Crippen LogP contribution is 2.33. The quantitative estimate of drug-likeness (QED) is 0.799. The fourth-order valence-corrected chi connectivity index (χ4v) is 4.14. The average molecular weight is 361 g/mol. The Kier molecular flexibility index (Phi) is 4.27. The number of benzene rings is 2. The van der Waals surface area contributed by atoms with Gasteiger partial charge in [0, 0.05) is 12.6 Å². The average Bonchev–Trinajstić information content (AvgIpc) is 3.26. The van der Waals surface area contributed by atoms with Crippen molar-refractivity contribution in [2.75, 3.05) is 19.9 Å². The van der Waals surface area contributed by atoms with Gasteiger partial charge in [0.1, 0.15) is 12.4 Å². The van der Waals surface area contributed by atoms with Crippen molar-refractivity contribution in [1.82, 2.24) is 4.72 Å². The second kappa shape index (κ2) is 6.57. The van der Waals surface area contributed by atoms with Crippen molar-refractivity contribution in [3.05, 3.63) is 47.5 Å². The standard InChI is InChI=1S/C18H19NO5S/c20-25(21,16-6-7-17-18(11-16)24-12-23-17)19-8-9-22-15-5-4-13-2-1-3-14(13)10-15/h4-7,10-11,19H,1-3,8-9,12H2. The van der Waals surface area contributed by atoms with Gasteiger partial charge in [0.15, 0.2) is 11.5 Å². The molecule has 2 aliphatic rings. The van der Waals surface area contributed by atoms with Crippen molar-refractivity contribution < 1.29 is 22.6 Å². The van der Waals surface area contributed by atoms with Crippen LogP contribution in [0.25, 0.3) is 0 Å². The van der Waals surface area contributed by atoms with Gasteiger partial charge in [0.2, 0.25) is 16.8 Å². The first-order chi connectivity index (χ1) is 12.1. The molecule has 0 saturated heterocycles. The minimum atomic E-state index is -3.61. The van der Waals surface area contributed by atoms with E-state index in [9.17, 15) is 8.42 Å². The van der Waals surface area contributed by atoms with Crippen molar-refractivity contribution in [3.63, 3.8) is 0 Å². The molecule has 0 fully saturated rings. The zero-order valence-corrected chi connectivity index (χ0v) is 14.5. The van der Waals surface area contributed by atoms with Crippen LogP contribution in [0, 0.1) is 0 Å². The zero-order valence-electron chi connectivity index (χ0n) is 13.7. The molecule has 2 aromatic carbocycles. The summed E-state index contributed by atoms with van der Waals surface area (Å²) < 4.78 is 43.3. The summed E-state index contributed by atoms with van der Waals surface area (Å²) in [5, 5.41) is 0. The molecule has 1 aliphatic heterocycles. The molecule has 0 spiro atoms. The molecule has 0 unspecified atom stereocenters. The maximum atomic E-state index is 12.3. The van der Waals surface area contributed by atoms with E-state index in [1.165, 1.54) is 29.7 Å². The minimum Gasteiger partial charge on any atom is -0.492 e. The Labute approximate surface area is 146 Å². The first kappa shape index (κ1) is 16.2. The zero-order chi connectivity index (χ0) is 17.3. The largest absolute Gasteiger partial charge is 0.492 e. The lowest BCUT2D eigenvalue weighted by molar-refractivity contribution is 0.174. The van der Waals surface area contributed by atoms with Gasteiger partial charge in [-0.15, -0.1) is 0 Å². The van der Waals surface area contributed by atoms with Crippen molar-refractivity contribution in [3.8, 4) is 17.2 Å². The molecule has 7 heteroatoms. The first-order valence-corrected chi connectivity index (χ1v) is 9.74. The van der Waals surface area contributed by atoms with Crippen LogP contribution in [0.1, 0.15) is 17.5 Å². The van der Waals surface area contributed by atoms with E-state index in [0.29, 0.717) is 11.5 Å². The van der Waals surface area contributed by atoms with E-state index in [0.717, 1.165) is 18.6 Å². The van der Waals surface area contributed by atoms with Crippen molar-refractivity contribution in [2.45, 2.75) is 24.2 Å². The van der Waals surface area contributed by atoms with Crippen LogP contribution >= 0.6 is 0 Å². The van der Waals surface area contributed by atoms with Gasteiger partial charge < -0.3 is 14.2 Å². The van der Waals surface area contributed by atoms with Gasteiger partial charge in [0.25, 0.3) is 0 Å². The van der Waals surface area contributed by atoms with E-state index in [4.69, 9.17) is 14.2 Å². The molecule has 0 aromatic heterocycles. The summed E-state index contributed by atoms with van der Waals surface area (Å²) in [7, 11) is -3.61. The third-order valence-corrected chi connectivity index (χ3v) is 5.85. The van der Waals surface area contributed by atoms with Gasteiger partial charge >= 0.3 is 0 Å². The maximum Gasteiger partial charge on any atom is 0.240 e. The number of fused-ring (bicyclic) bond motifs is 2. The molecule has 0 atom stereocenters. The number of aryl methyl sites for hydroxylation is 2. The smallest absolute Gasteiger partial charge is 0.240 e. The summed E-state index contributed by atoms with van der Waals surface area (Å²) in [5.74, 6) is 1.78. The van der Waals surface area contributed by atoms with Crippen LogP contribution in [-0.4, -0.2) is 28.4 Å². The normalized spacial score (nSPS) is 15.2. The number of rotatable bonds is 6. The van der Waals surface area contributed by atoms with Crippen LogP contribution < -0.4 is 18.9 Å². The van der Waals surface area contributed by atoms with Crippen molar-refractivity contribution in [1.29, 1.82) is 0 Å². The molecule has 1 N–H and O–H groups in total. The van der Waals surface area contributed by atoms with E-state index >= 15 is 0 Å². The van der Waals surface area contributed by atoms with Gasteiger partial charge in [-0.1, -0.05) is 6.07 Å². The number of hydrogen-bond donors (Lipinski definition) is 1. The van der Waals surface area contributed by atoms with Crippen LogP contribution in [-0.2, 0) is 22.9 Å². The van der Waals surface area contributed by atoms with Crippen molar-refractivity contribution >= 4 is 10.0 Å². The Morgan fingerprint density at radius 3 is 2.76 bits per heavy atom. The SMILES string of the molecule is O=S(=O)(NCCOc1ccc2c(c1)CCC2)c1ccc2c(c1)OCO2. The minimum absolute atomic E-state index is 0.112. The van der Waals surface area contributed by atoms with Crippen LogP contribution in [0.3, 0.4) is 0 Å². The number of ether oxygens (including phenoxy) is 3. The predicted molar refractivity (Wildman–Crippen MR) is 91.7 cm³/mol. The molecule has 1 heterocycles. The Hall–Kier alpha value is -2.25. The summed E-state index contributed by atoms with van der Waals surface area (Å²) >= 11 is 0. The summed E-state index contributed by atoms with van der Waals surface area (Å²) in [6, 6.07) is 10.6. The van der Waals surface area contributed by atoms with E-state index in [-0.39, 0.29) is 24.8 Å². The highest BCUT2D eigenvalue weighted by molar-refractivity contribution is 7.89. The summed E-state index contributed by atoms with van der Waals surface area (Å²) in [6.45, 7) is 0.567. The molecule has 0 amide bonds. The first-order valence-electron chi connectivity index (χ1n) is 8.26. The number of hydrogen-bond acceptors (Lipinski definition) is 5. The molecule has 132 valence electrons. The Balaban J connectivity index is 1.33.